The van der Waals surface area contributed by atoms with Crippen molar-refractivity contribution in [2.24, 2.45) is 11.8 Å². The largest absolute Gasteiger partial charge is 0.481 e. The van der Waals surface area contributed by atoms with Gasteiger partial charge in [0, 0.05) is 0 Å². The molecular formula is C16H19NO2. The van der Waals surface area contributed by atoms with E-state index in [-0.39, 0.29) is 5.92 Å². The molecule has 1 aromatic carbocycles. The summed E-state index contributed by atoms with van der Waals surface area (Å²) < 4.78 is 0. The molecule has 0 unspecified atom stereocenters. The van der Waals surface area contributed by atoms with Crippen LogP contribution in [0.15, 0.2) is 24.3 Å². The molecule has 1 atom stereocenters. The van der Waals surface area contributed by atoms with Crippen molar-refractivity contribution in [3.05, 3.63) is 35.4 Å². The van der Waals surface area contributed by atoms with Gasteiger partial charge in [0.15, 0.2) is 0 Å². The fraction of sp³-hybridized carbons (Fsp3) is 0.500. The minimum Gasteiger partial charge on any atom is -0.481 e. The lowest BCUT2D eigenvalue weighted by Gasteiger charge is -2.27. The highest BCUT2D eigenvalue weighted by Crippen LogP contribution is 2.32. The third-order valence-corrected chi connectivity index (χ3v) is 4.07. The van der Waals surface area contributed by atoms with Gasteiger partial charge in [0.25, 0.3) is 0 Å². The maximum Gasteiger partial charge on any atom is 0.307 e. The van der Waals surface area contributed by atoms with Gasteiger partial charge < -0.3 is 5.11 Å². The Labute approximate surface area is 113 Å². The lowest BCUT2D eigenvalue weighted by Crippen LogP contribution is -2.27. The zero-order chi connectivity index (χ0) is 13.7. The topological polar surface area (TPSA) is 61.1 Å². The van der Waals surface area contributed by atoms with Gasteiger partial charge in [0.1, 0.15) is 0 Å². The fourth-order valence-electron chi connectivity index (χ4n) is 2.96. The molecule has 100 valence electrons. The highest BCUT2D eigenvalue weighted by atomic mass is 16.4. The third-order valence-electron chi connectivity index (χ3n) is 4.07. The number of carbonyl (C=O) groups is 1. The average molecular weight is 257 g/mol. The van der Waals surface area contributed by atoms with Gasteiger partial charge in [-0.25, -0.2) is 0 Å². The van der Waals surface area contributed by atoms with Gasteiger partial charge in [-0.2, -0.15) is 5.26 Å². The second-order valence-electron chi connectivity index (χ2n) is 5.36. The van der Waals surface area contributed by atoms with E-state index in [0.29, 0.717) is 17.9 Å². The Morgan fingerprint density at radius 2 is 1.89 bits per heavy atom. The first kappa shape index (κ1) is 13.6. The summed E-state index contributed by atoms with van der Waals surface area (Å²) >= 11 is 0. The number of carboxylic acid groups (broad SMARTS) is 1. The predicted octanol–water partition coefficient (Wildman–Crippen LogP) is 3.38. The van der Waals surface area contributed by atoms with Crippen molar-refractivity contribution in [3.8, 4) is 6.07 Å². The molecule has 0 heterocycles. The van der Waals surface area contributed by atoms with Gasteiger partial charge in [-0.15, -0.1) is 0 Å². The van der Waals surface area contributed by atoms with Crippen LogP contribution in [0.5, 0.6) is 0 Å². The molecule has 1 aromatic rings. The van der Waals surface area contributed by atoms with Crippen LogP contribution < -0.4 is 0 Å². The normalized spacial score (nSPS) is 17.6. The molecule has 3 nitrogen and oxygen atoms in total. The Morgan fingerprint density at radius 1 is 1.26 bits per heavy atom. The summed E-state index contributed by atoms with van der Waals surface area (Å²) in [6, 6.07) is 9.34. The molecule has 0 bridgehead atoms. The molecule has 0 spiro atoms. The summed E-state index contributed by atoms with van der Waals surface area (Å²) in [7, 11) is 0. The quantitative estimate of drug-likeness (QED) is 0.899. The van der Waals surface area contributed by atoms with E-state index in [0.717, 1.165) is 31.2 Å². The van der Waals surface area contributed by atoms with Crippen LogP contribution >= 0.6 is 0 Å². The molecular weight excluding hydrogens is 238 g/mol. The molecule has 0 radical (unpaired) electrons. The summed E-state index contributed by atoms with van der Waals surface area (Å²) in [6.07, 6.45) is 6.19. The zero-order valence-electron chi connectivity index (χ0n) is 11.0. The maximum atomic E-state index is 11.5. The van der Waals surface area contributed by atoms with Crippen molar-refractivity contribution in [2.45, 2.75) is 38.5 Å². The molecule has 1 saturated carbocycles. The number of aliphatic carboxylic acids is 1. The van der Waals surface area contributed by atoms with Crippen LogP contribution in [-0.2, 0) is 11.2 Å². The molecule has 1 fully saturated rings. The smallest absolute Gasteiger partial charge is 0.307 e. The highest BCUT2D eigenvalue weighted by molar-refractivity contribution is 5.70. The fourth-order valence-corrected chi connectivity index (χ4v) is 2.96. The first-order valence-corrected chi connectivity index (χ1v) is 6.92. The Balaban J connectivity index is 2.07. The number of nitriles is 1. The molecule has 0 saturated heterocycles. The number of nitrogens with zero attached hydrogens (tertiary/aromatic N) is 1. The maximum absolute atomic E-state index is 11.5. The molecule has 2 rings (SSSR count). The van der Waals surface area contributed by atoms with Gasteiger partial charge in [-0.1, -0.05) is 31.4 Å². The number of rotatable bonds is 4. The van der Waals surface area contributed by atoms with Crippen molar-refractivity contribution in [2.75, 3.05) is 0 Å². The van der Waals surface area contributed by atoms with Gasteiger partial charge in [-0.3, -0.25) is 4.79 Å². The number of hydrogen-bond donors (Lipinski definition) is 1. The molecule has 3 heteroatoms. The van der Waals surface area contributed by atoms with Crippen LogP contribution in [0.2, 0.25) is 0 Å². The van der Waals surface area contributed by atoms with Crippen molar-refractivity contribution < 1.29 is 9.90 Å². The van der Waals surface area contributed by atoms with Crippen molar-refractivity contribution >= 4 is 5.97 Å². The predicted molar refractivity (Wildman–Crippen MR) is 72.6 cm³/mol. The summed E-state index contributed by atoms with van der Waals surface area (Å²) in [4.78, 5) is 11.5. The van der Waals surface area contributed by atoms with Crippen LogP contribution in [0.25, 0.3) is 0 Å². The molecule has 1 N–H and O–H groups in total. The van der Waals surface area contributed by atoms with Crippen LogP contribution in [-0.4, -0.2) is 11.1 Å². The lowest BCUT2D eigenvalue weighted by atomic mass is 9.77. The van der Waals surface area contributed by atoms with E-state index in [1.165, 1.54) is 6.42 Å². The Bertz CT molecular complexity index is 467. The van der Waals surface area contributed by atoms with Crippen molar-refractivity contribution in [1.82, 2.24) is 0 Å². The van der Waals surface area contributed by atoms with Gasteiger partial charge >= 0.3 is 5.97 Å². The number of benzene rings is 1. The Hall–Kier alpha value is -1.82. The zero-order valence-corrected chi connectivity index (χ0v) is 11.0. The van der Waals surface area contributed by atoms with E-state index < -0.39 is 5.97 Å². The van der Waals surface area contributed by atoms with Crippen LogP contribution in [0.1, 0.15) is 43.2 Å². The minimum atomic E-state index is -0.684. The Kier molecular flexibility index (Phi) is 4.57. The van der Waals surface area contributed by atoms with Gasteiger partial charge in [0.2, 0.25) is 0 Å². The van der Waals surface area contributed by atoms with Crippen LogP contribution in [0.4, 0.5) is 0 Å². The van der Waals surface area contributed by atoms with E-state index >= 15 is 0 Å². The van der Waals surface area contributed by atoms with Crippen LogP contribution in [0.3, 0.4) is 0 Å². The molecule has 19 heavy (non-hydrogen) atoms. The SMILES string of the molecule is N#Cc1ccc(C[C@@H](C(=O)O)C2CCCCC2)cc1. The van der Waals surface area contributed by atoms with Crippen molar-refractivity contribution in [3.63, 3.8) is 0 Å². The number of hydrogen-bond acceptors (Lipinski definition) is 2. The molecule has 1 aliphatic rings. The summed E-state index contributed by atoms with van der Waals surface area (Å²) in [5.74, 6) is -0.661. The molecule has 1 aliphatic carbocycles. The summed E-state index contributed by atoms with van der Waals surface area (Å²) in [6.45, 7) is 0. The summed E-state index contributed by atoms with van der Waals surface area (Å²) in [5.41, 5.74) is 1.63. The van der Waals surface area contributed by atoms with E-state index in [4.69, 9.17) is 5.26 Å². The first-order chi connectivity index (χ1) is 9.20. The highest BCUT2D eigenvalue weighted by Gasteiger charge is 2.29. The third kappa shape index (κ3) is 3.57. The molecule has 0 amide bonds. The van der Waals surface area contributed by atoms with E-state index in [1.807, 2.05) is 12.1 Å². The van der Waals surface area contributed by atoms with Crippen LogP contribution in [0, 0.1) is 23.2 Å². The Morgan fingerprint density at radius 3 is 2.42 bits per heavy atom. The lowest BCUT2D eigenvalue weighted by molar-refractivity contribution is -0.144. The van der Waals surface area contributed by atoms with E-state index in [1.54, 1.807) is 12.1 Å². The number of carboxylic acids is 1. The van der Waals surface area contributed by atoms with Gasteiger partial charge in [-0.05, 0) is 42.9 Å². The van der Waals surface area contributed by atoms with E-state index in [9.17, 15) is 9.90 Å². The minimum absolute atomic E-state index is 0.284. The average Bonchev–Trinajstić information content (AvgIpc) is 2.46. The standard InChI is InChI=1S/C16H19NO2/c17-11-13-8-6-12(7-9-13)10-15(16(18)19)14-4-2-1-3-5-14/h6-9,14-15H,1-5,10H2,(H,18,19)/t15-/m1/s1. The molecule has 0 aromatic heterocycles. The first-order valence-electron chi connectivity index (χ1n) is 6.92. The second kappa shape index (κ2) is 6.38. The van der Waals surface area contributed by atoms with Gasteiger partial charge in [0.05, 0.1) is 17.6 Å². The monoisotopic (exact) mass is 257 g/mol. The summed E-state index contributed by atoms with van der Waals surface area (Å²) in [5, 5.41) is 18.2. The second-order valence-corrected chi connectivity index (χ2v) is 5.36. The van der Waals surface area contributed by atoms with Crippen molar-refractivity contribution in [1.29, 1.82) is 5.26 Å². The molecule has 0 aliphatic heterocycles. The van der Waals surface area contributed by atoms with E-state index in [2.05, 4.69) is 6.07 Å².